The molecular weight excluding hydrogens is 305 g/mol. The van der Waals surface area contributed by atoms with E-state index in [0.29, 0.717) is 18.8 Å². The normalized spacial score (nSPS) is 12.0. The number of pyridine rings is 2. The van der Waals surface area contributed by atoms with E-state index >= 15 is 0 Å². The van der Waals surface area contributed by atoms with Gasteiger partial charge in [0.15, 0.2) is 0 Å². The van der Waals surface area contributed by atoms with Crippen molar-refractivity contribution in [3.05, 3.63) is 59.2 Å². The van der Waals surface area contributed by atoms with Gasteiger partial charge in [-0.05, 0) is 36.8 Å². The maximum absolute atomic E-state index is 12.5. The average Bonchev–Trinajstić information content (AvgIpc) is 2.88. The van der Waals surface area contributed by atoms with E-state index in [1.807, 2.05) is 19.1 Å². The van der Waals surface area contributed by atoms with Gasteiger partial charge in [-0.25, -0.2) is 4.98 Å². The summed E-state index contributed by atoms with van der Waals surface area (Å²) >= 11 is 0. The number of rotatable bonds is 4. The number of aromatic amines is 1. The van der Waals surface area contributed by atoms with E-state index in [0.717, 1.165) is 34.6 Å². The van der Waals surface area contributed by atoms with Gasteiger partial charge in [0.1, 0.15) is 5.65 Å². The zero-order valence-corrected chi connectivity index (χ0v) is 12.4. The Morgan fingerprint density at radius 1 is 1.13 bits per heavy atom. The maximum Gasteiger partial charge on any atom is 0.417 e. The number of nitrogens with zero attached hydrogens (tertiary/aromatic N) is 2. The molecule has 0 radical (unpaired) electrons. The molecule has 4 nitrogen and oxygen atoms in total. The lowest BCUT2D eigenvalue weighted by atomic mass is 10.2. The lowest BCUT2D eigenvalue weighted by Gasteiger charge is -2.08. The maximum atomic E-state index is 12.5. The minimum atomic E-state index is -4.35. The fourth-order valence-corrected chi connectivity index (χ4v) is 2.39. The van der Waals surface area contributed by atoms with Gasteiger partial charge in [0.2, 0.25) is 0 Å². The number of H-pyrrole nitrogens is 1. The number of fused-ring (bicyclic) bond motifs is 1. The molecule has 3 aromatic rings. The Labute approximate surface area is 130 Å². The molecule has 0 bridgehead atoms. The van der Waals surface area contributed by atoms with E-state index in [4.69, 9.17) is 0 Å². The smallest absolute Gasteiger partial charge is 0.344 e. The summed E-state index contributed by atoms with van der Waals surface area (Å²) in [5.74, 6) is 0. The molecule has 23 heavy (non-hydrogen) atoms. The highest BCUT2D eigenvalue weighted by Crippen LogP contribution is 2.28. The van der Waals surface area contributed by atoms with E-state index in [2.05, 4.69) is 20.3 Å². The summed E-state index contributed by atoms with van der Waals surface area (Å²) < 4.78 is 37.4. The molecule has 2 N–H and O–H groups in total. The van der Waals surface area contributed by atoms with Crippen molar-refractivity contribution in [3.63, 3.8) is 0 Å². The average molecular weight is 320 g/mol. The number of hydrogen-bond donors (Lipinski definition) is 2. The van der Waals surface area contributed by atoms with Crippen molar-refractivity contribution in [2.45, 2.75) is 26.2 Å². The molecule has 0 amide bonds. The van der Waals surface area contributed by atoms with E-state index < -0.39 is 11.7 Å². The fourth-order valence-electron chi connectivity index (χ4n) is 2.39. The molecule has 0 saturated carbocycles. The molecule has 3 aromatic heterocycles. The molecular formula is C16H15F3N4. The molecule has 0 unspecified atom stereocenters. The number of hydrogen-bond acceptors (Lipinski definition) is 3. The first kappa shape index (κ1) is 15.5. The van der Waals surface area contributed by atoms with Gasteiger partial charge < -0.3 is 10.3 Å². The highest BCUT2D eigenvalue weighted by Gasteiger charge is 2.30. The lowest BCUT2D eigenvalue weighted by Crippen LogP contribution is -2.14. The zero-order valence-electron chi connectivity index (χ0n) is 12.4. The number of nitrogens with one attached hydrogen (secondary N) is 2. The van der Waals surface area contributed by atoms with Crippen molar-refractivity contribution >= 4 is 11.0 Å². The van der Waals surface area contributed by atoms with Crippen molar-refractivity contribution in [2.24, 2.45) is 0 Å². The third-order valence-electron chi connectivity index (χ3n) is 3.53. The Morgan fingerprint density at radius 3 is 2.65 bits per heavy atom. The van der Waals surface area contributed by atoms with E-state index in [1.54, 1.807) is 6.20 Å². The fraction of sp³-hybridized carbons (Fsp3) is 0.250. The van der Waals surface area contributed by atoms with Crippen LogP contribution in [0.1, 0.15) is 22.5 Å². The van der Waals surface area contributed by atoms with Crippen molar-refractivity contribution in [2.75, 3.05) is 0 Å². The van der Waals surface area contributed by atoms with Gasteiger partial charge in [-0.1, -0.05) is 0 Å². The molecule has 7 heteroatoms. The summed E-state index contributed by atoms with van der Waals surface area (Å²) in [6.45, 7) is 2.94. The monoisotopic (exact) mass is 320 g/mol. The van der Waals surface area contributed by atoms with E-state index in [1.165, 1.54) is 6.07 Å². The van der Waals surface area contributed by atoms with Crippen molar-refractivity contribution in [1.29, 1.82) is 0 Å². The van der Waals surface area contributed by atoms with Crippen LogP contribution in [-0.2, 0) is 19.3 Å². The largest absolute Gasteiger partial charge is 0.417 e. The molecule has 0 aliphatic heterocycles. The van der Waals surface area contributed by atoms with Crippen LogP contribution >= 0.6 is 0 Å². The summed E-state index contributed by atoms with van der Waals surface area (Å²) in [5.41, 5.74) is 2.76. The topological polar surface area (TPSA) is 53.6 Å². The van der Waals surface area contributed by atoms with Gasteiger partial charge in [-0.3, -0.25) is 4.98 Å². The Hall–Kier alpha value is -2.41. The van der Waals surface area contributed by atoms with Crippen LogP contribution in [0.3, 0.4) is 0 Å². The molecule has 3 heterocycles. The van der Waals surface area contributed by atoms with Crippen molar-refractivity contribution < 1.29 is 13.2 Å². The summed E-state index contributed by atoms with van der Waals surface area (Å²) in [7, 11) is 0. The van der Waals surface area contributed by atoms with Crippen LogP contribution in [0.25, 0.3) is 11.0 Å². The van der Waals surface area contributed by atoms with Crippen molar-refractivity contribution in [1.82, 2.24) is 20.3 Å². The van der Waals surface area contributed by atoms with Crippen LogP contribution in [0, 0.1) is 6.92 Å². The lowest BCUT2D eigenvalue weighted by molar-refractivity contribution is -0.137. The number of aromatic nitrogens is 3. The van der Waals surface area contributed by atoms with Crippen molar-refractivity contribution in [3.8, 4) is 0 Å². The SMILES string of the molecule is Cc1cc2c(CNCc3ccc(C(F)(F)F)cn3)ccnc2[nH]1. The third-order valence-corrected chi connectivity index (χ3v) is 3.53. The van der Waals surface area contributed by atoms with Crippen LogP contribution in [0.5, 0.6) is 0 Å². The third kappa shape index (κ3) is 3.50. The quantitative estimate of drug-likeness (QED) is 0.772. The van der Waals surface area contributed by atoms with Crippen LogP contribution in [-0.4, -0.2) is 15.0 Å². The summed E-state index contributed by atoms with van der Waals surface area (Å²) in [5, 5.41) is 4.23. The predicted molar refractivity (Wildman–Crippen MR) is 80.6 cm³/mol. The minimum absolute atomic E-state index is 0.394. The van der Waals surface area contributed by atoms with Gasteiger partial charge in [0, 0.05) is 36.6 Å². The standard InChI is InChI=1S/C16H15F3N4/c1-10-6-14-11(4-5-21-15(14)23-10)7-20-9-13-3-2-12(8-22-13)16(17,18)19/h2-6,8,20H,7,9H2,1H3,(H,21,23). The van der Waals surface area contributed by atoms with Crippen LogP contribution < -0.4 is 5.32 Å². The second kappa shape index (κ2) is 6.00. The molecule has 0 saturated heterocycles. The first-order chi connectivity index (χ1) is 10.9. The molecule has 0 aliphatic rings. The first-order valence-electron chi connectivity index (χ1n) is 7.09. The van der Waals surface area contributed by atoms with E-state index in [9.17, 15) is 13.2 Å². The molecule has 3 rings (SSSR count). The minimum Gasteiger partial charge on any atom is -0.344 e. The Balaban J connectivity index is 1.65. The molecule has 0 atom stereocenters. The highest BCUT2D eigenvalue weighted by atomic mass is 19.4. The Kier molecular flexibility index (Phi) is 4.04. The van der Waals surface area contributed by atoms with Crippen LogP contribution in [0.4, 0.5) is 13.2 Å². The number of aryl methyl sites for hydroxylation is 1. The van der Waals surface area contributed by atoms with Crippen LogP contribution in [0.2, 0.25) is 0 Å². The summed E-state index contributed by atoms with van der Waals surface area (Å²) in [6, 6.07) is 6.38. The van der Waals surface area contributed by atoms with Gasteiger partial charge >= 0.3 is 6.18 Å². The van der Waals surface area contributed by atoms with E-state index in [-0.39, 0.29) is 0 Å². The predicted octanol–water partition coefficient (Wildman–Crippen LogP) is 3.57. The molecule has 0 aromatic carbocycles. The van der Waals surface area contributed by atoms with Gasteiger partial charge in [-0.2, -0.15) is 13.2 Å². The molecule has 120 valence electrons. The molecule has 0 aliphatic carbocycles. The second-order valence-electron chi connectivity index (χ2n) is 5.32. The van der Waals surface area contributed by atoms with Gasteiger partial charge in [0.25, 0.3) is 0 Å². The number of alkyl halides is 3. The molecule has 0 spiro atoms. The Morgan fingerprint density at radius 2 is 1.96 bits per heavy atom. The van der Waals surface area contributed by atoms with Gasteiger partial charge in [-0.15, -0.1) is 0 Å². The summed E-state index contributed by atoms with van der Waals surface area (Å²) in [4.78, 5) is 11.3. The first-order valence-corrected chi connectivity index (χ1v) is 7.09. The zero-order chi connectivity index (χ0) is 16.4. The second-order valence-corrected chi connectivity index (χ2v) is 5.32. The Bertz CT molecular complexity index is 806. The van der Waals surface area contributed by atoms with Gasteiger partial charge in [0.05, 0.1) is 11.3 Å². The highest BCUT2D eigenvalue weighted by molar-refractivity contribution is 5.80. The van der Waals surface area contributed by atoms with Crippen LogP contribution in [0.15, 0.2) is 36.7 Å². The molecule has 0 fully saturated rings. The number of halogens is 3. The summed E-state index contributed by atoms with van der Waals surface area (Å²) in [6.07, 6.45) is -1.77.